The second-order valence-corrected chi connectivity index (χ2v) is 9.77. The van der Waals surface area contributed by atoms with E-state index in [-0.39, 0.29) is 28.5 Å². The molecule has 0 radical (unpaired) electrons. The van der Waals surface area contributed by atoms with Crippen LogP contribution in [0.2, 0.25) is 0 Å². The van der Waals surface area contributed by atoms with Gasteiger partial charge in [-0.05, 0) is 49.4 Å². The van der Waals surface area contributed by atoms with Crippen LogP contribution in [0.4, 0.5) is 25.1 Å². The fourth-order valence-corrected chi connectivity index (χ4v) is 3.94. The van der Waals surface area contributed by atoms with E-state index in [1.165, 1.54) is 24.0 Å². The zero-order valence-corrected chi connectivity index (χ0v) is 22.1. The molecule has 0 aliphatic heterocycles. The van der Waals surface area contributed by atoms with Crippen LogP contribution in [0.3, 0.4) is 0 Å². The van der Waals surface area contributed by atoms with E-state index in [1.807, 2.05) is 20.8 Å². The van der Waals surface area contributed by atoms with Gasteiger partial charge in [0.05, 0.1) is 11.4 Å². The molecule has 4 aromatic rings. The largest absolute Gasteiger partial charge is 0.457 e. The number of aromatic nitrogens is 3. The Morgan fingerprint density at radius 3 is 2.21 bits per heavy atom. The first kappa shape index (κ1) is 27.2. The number of urea groups is 1. The second-order valence-electron chi connectivity index (χ2n) is 9.77. The fourth-order valence-electron chi connectivity index (χ4n) is 3.94. The fraction of sp³-hybridized carbons (Fsp3) is 0.214. The molecule has 39 heavy (non-hydrogen) atoms. The van der Waals surface area contributed by atoms with Gasteiger partial charge in [-0.1, -0.05) is 20.8 Å². The molecule has 0 unspecified atom stereocenters. The summed E-state index contributed by atoms with van der Waals surface area (Å²) in [7, 11) is 1.51. The van der Waals surface area contributed by atoms with E-state index in [0.29, 0.717) is 28.4 Å². The monoisotopic (exact) mass is 534 g/mol. The molecule has 0 aliphatic rings. The van der Waals surface area contributed by atoms with Crippen LogP contribution in [-0.4, -0.2) is 33.8 Å². The van der Waals surface area contributed by atoms with Gasteiger partial charge < -0.3 is 15.4 Å². The smallest absolute Gasteiger partial charge is 0.324 e. The summed E-state index contributed by atoms with van der Waals surface area (Å²) in [6.07, 6.45) is 1.47. The normalized spacial score (nSPS) is 11.2. The Balaban J connectivity index is 1.52. The molecule has 4 rings (SSSR count). The second kappa shape index (κ2) is 10.9. The molecule has 0 saturated carbocycles. The van der Waals surface area contributed by atoms with E-state index in [4.69, 9.17) is 4.74 Å². The van der Waals surface area contributed by atoms with E-state index in [1.54, 1.807) is 37.3 Å². The maximum atomic E-state index is 14.0. The zero-order valence-electron chi connectivity index (χ0n) is 22.1. The summed E-state index contributed by atoms with van der Waals surface area (Å²) in [6.45, 7) is 7.66. The standard InChI is InChI=1S/C28H28F2N6O3/c1-16-24(28(2,3)4)35-36(20-13-17(29)12-18(30)14-20)25(16)34-27(38)33-19-6-8-21(9-7-19)39-22-10-11-32-23(15-22)26(37)31-5/h6-15H,1-5H3,(H,31,37)(H2,33,34,38). The van der Waals surface area contributed by atoms with Crippen LogP contribution in [0, 0.1) is 18.6 Å². The number of nitrogens with one attached hydrogen (secondary N) is 3. The van der Waals surface area contributed by atoms with Crippen molar-refractivity contribution in [3.05, 3.63) is 89.4 Å². The highest BCUT2D eigenvalue weighted by molar-refractivity contribution is 6.00. The number of amides is 3. The van der Waals surface area contributed by atoms with Crippen molar-refractivity contribution in [2.24, 2.45) is 0 Å². The van der Waals surface area contributed by atoms with E-state index in [0.717, 1.165) is 18.2 Å². The average Bonchev–Trinajstić information content (AvgIpc) is 3.20. The van der Waals surface area contributed by atoms with E-state index < -0.39 is 17.7 Å². The predicted octanol–water partition coefficient (Wildman–Crippen LogP) is 5.95. The lowest BCUT2D eigenvalue weighted by Gasteiger charge is -2.16. The molecular formula is C28H28F2N6O3. The van der Waals surface area contributed by atoms with E-state index in [9.17, 15) is 18.4 Å². The first-order chi connectivity index (χ1) is 18.4. The molecule has 0 aliphatic carbocycles. The van der Waals surface area contributed by atoms with Crippen molar-refractivity contribution >= 4 is 23.4 Å². The van der Waals surface area contributed by atoms with Crippen LogP contribution in [0.5, 0.6) is 11.5 Å². The number of nitrogens with zero attached hydrogens (tertiary/aromatic N) is 3. The van der Waals surface area contributed by atoms with Crippen LogP contribution in [-0.2, 0) is 5.41 Å². The molecular weight excluding hydrogens is 506 g/mol. The van der Waals surface area contributed by atoms with Crippen molar-refractivity contribution in [3.63, 3.8) is 0 Å². The molecule has 2 heterocycles. The lowest BCUT2D eigenvalue weighted by molar-refractivity contribution is 0.0957. The molecule has 0 saturated heterocycles. The number of carbonyl (C=O) groups excluding carboxylic acids is 2. The zero-order chi connectivity index (χ0) is 28.3. The van der Waals surface area contributed by atoms with Crippen molar-refractivity contribution in [3.8, 4) is 17.2 Å². The highest BCUT2D eigenvalue weighted by atomic mass is 19.1. The molecule has 2 aromatic carbocycles. The number of ether oxygens (including phenoxy) is 1. The Labute approximate surface area is 224 Å². The van der Waals surface area contributed by atoms with Crippen molar-refractivity contribution in [1.82, 2.24) is 20.1 Å². The highest BCUT2D eigenvalue weighted by Crippen LogP contribution is 2.32. The maximum absolute atomic E-state index is 14.0. The lowest BCUT2D eigenvalue weighted by Crippen LogP contribution is -2.22. The number of hydrogen-bond acceptors (Lipinski definition) is 5. The SMILES string of the molecule is CNC(=O)c1cc(Oc2ccc(NC(=O)Nc3c(C)c(C(C)(C)C)nn3-c3cc(F)cc(F)c3)cc2)ccn1. The third kappa shape index (κ3) is 6.38. The van der Waals surface area contributed by atoms with Gasteiger partial charge in [-0.3, -0.25) is 15.1 Å². The van der Waals surface area contributed by atoms with Gasteiger partial charge in [-0.2, -0.15) is 5.10 Å². The van der Waals surface area contributed by atoms with Crippen molar-refractivity contribution in [2.45, 2.75) is 33.1 Å². The summed E-state index contributed by atoms with van der Waals surface area (Å²) in [6, 6.07) is 12.2. The van der Waals surface area contributed by atoms with Crippen LogP contribution in [0.1, 0.15) is 42.5 Å². The van der Waals surface area contributed by atoms with Gasteiger partial charge in [0.25, 0.3) is 5.91 Å². The van der Waals surface area contributed by atoms with Crippen LogP contribution >= 0.6 is 0 Å². The number of anilines is 2. The minimum absolute atomic E-state index is 0.138. The van der Waals surface area contributed by atoms with Gasteiger partial charge in [0, 0.05) is 42.0 Å². The van der Waals surface area contributed by atoms with Gasteiger partial charge in [0.2, 0.25) is 0 Å². The number of hydrogen-bond donors (Lipinski definition) is 3. The molecule has 0 bridgehead atoms. The van der Waals surface area contributed by atoms with Gasteiger partial charge >= 0.3 is 6.03 Å². The van der Waals surface area contributed by atoms with Crippen LogP contribution in [0.25, 0.3) is 5.69 Å². The molecule has 11 heteroatoms. The molecule has 0 fully saturated rings. The minimum atomic E-state index is -0.759. The van der Waals surface area contributed by atoms with Crippen molar-refractivity contribution < 1.29 is 23.1 Å². The Bertz CT molecular complexity index is 1510. The first-order valence-corrected chi connectivity index (χ1v) is 12.0. The number of carbonyl (C=O) groups is 2. The molecule has 202 valence electrons. The number of halogens is 2. The summed E-state index contributed by atoms with van der Waals surface area (Å²) in [5, 5.41) is 12.6. The maximum Gasteiger partial charge on any atom is 0.324 e. The quantitative estimate of drug-likeness (QED) is 0.283. The minimum Gasteiger partial charge on any atom is -0.457 e. The molecule has 0 atom stereocenters. The summed E-state index contributed by atoms with van der Waals surface area (Å²) in [4.78, 5) is 28.7. The summed E-state index contributed by atoms with van der Waals surface area (Å²) in [5.41, 5.74) is 1.77. The van der Waals surface area contributed by atoms with Gasteiger partial charge in [-0.15, -0.1) is 0 Å². The van der Waals surface area contributed by atoms with Gasteiger partial charge in [0.1, 0.15) is 34.6 Å². The Kier molecular flexibility index (Phi) is 7.61. The molecule has 3 N–H and O–H groups in total. The van der Waals surface area contributed by atoms with Crippen molar-refractivity contribution in [2.75, 3.05) is 17.7 Å². The average molecular weight is 535 g/mol. The number of rotatable bonds is 6. The lowest BCUT2D eigenvalue weighted by atomic mass is 9.90. The first-order valence-electron chi connectivity index (χ1n) is 12.0. The predicted molar refractivity (Wildman–Crippen MR) is 144 cm³/mol. The molecule has 0 spiro atoms. The van der Waals surface area contributed by atoms with Crippen molar-refractivity contribution in [1.29, 1.82) is 0 Å². The van der Waals surface area contributed by atoms with Gasteiger partial charge in [0.15, 0.2) is 0 Å². The summed E-state index contributed by atoms with van der Waals surface area (Å²) < 4.78 is 35.0. The third-order valence-corrected chi connectivity index (χ3v) is 5.70. The van der Waals surface area contributed by atoms with Crippen LogP contribution in [0.15, 0.2) is 60.8 Å². The van der Waals surface area contributed by atoms with E-state index >= 15 is 0 Å². The van der Waals surface area contributed by atoms with E-state index in [2.05, 4.69) is 26.0 Å². The number of benzene rings is 2. The third-order valence-electron chi connectivity index (χ3n) is 5.70. The van der Waals surface area contributed by atoms with Gasteiger partial charge in [-0.25, -0.2) is 18.3 Å². The summed E-state index contributed by atoms with van der Waals surface area (Å²) >= 11 is 0. The Morgan fingerprint density at radius 2 is 1.59 bits per heavy atom. The molecule has 2 aromatic heterocycles. The molecule has 9 nitrogen and oxygen atoms in total. The Hall–Kier alpha value is -4.80. The summed E-state index contributed by atoms with van der Waals surface area (Å²) in [5.74, 6) is -0.664. The Morgan fingerprint density at radius 1 is 0.923 bits per heavy atom. The van der Waals surface area contributed by atoms with Crippen LogP contribution < -0.4 is 20.7 Å². The number of pyridine rings is 1. The highest BCUT2D eigenvalue weighted by Gasteiger charge is 2.26. The topological polar surface area (TPSA) is 110 Å². The molecule has 3 amide bonds.